The predicted molar refractivity (Wildman–Crippen MR) is 146 cm³/mol. The SMILES string of the molecule is CCCCCc1oc(CCCCCCCCCCCC(=O)OC(CC(=O)O)C[N+](C)(C)C)c(C)c1C. The summed E-state index contributed by atoms with van der Waals surface area (Å²) in [6.45, 7) is 7.14. The molecule has 36 heavy (non-hydrogen) atoms. The molecule has 1 aromatic rings. The van der Waals surface area contributed by atoms with E-state index in [4.69, 9.17) is 14.3 Å². The monoisotopic (exact) mass is 508 g/mol. The number of ether oxygens (including phenoxy) is 1. The zero-order valence-corrected chi connectivity index (χ0v) is 24.1. The maximum Gasteiger partial charge on any atom is 0.307 e. The lowest BCUT2D eigenvalue weighted by molar-refractivity contribution is -0.873. The van der Waals surface area contributed by atoms with E-state index in [-0.39, 0.29) is 12.4 Å². The highest BCUT2D eigenvalue weighted by molar-refractivity contribution is 5.71. The van der Waals surface area contributed by atoms with Crippen molar-refractivity contribution in [3.8, 4) is 0 Å². The summed E-state index contributed by atoms with van der Waals surface area (Å²) in [7, 11) is 5.90. The van der Waals surface area contributed by atoms with Crippen LogP contribution in [0.2, 0.25) is 0 Å². The van der Waals surface area contributed by atoms with Crippen LogP contribution in [0.15, 0.2) is 4.42 Å². The van der Waals surface area contributed by atoms with Crippen molar-refractivity contribution in [3.63, 3.8) is 0 Å². The average molecular weight is 509 g/mol. The van der Waals surface area contributed by atoms with Crippen molar-refractivity contribution < 1.29 is 28.3 Å². The van der Waals surface area contributed by atoms with Crippen molar-refractivity contribution in [1.29, 1.82) is 0 Å². The molecule has 0 aliphatic carbocycles. The molecule has 1 aromatic heterocycles. The fraction of sp³-hybridized carbons (Fsp3) is 0.800. The fourth-order valence-electron chi connectivity index (χ4n) is 4.72. The molecule has 0 radical (unpaired) electrons. The van der Waals surface area contributed by atoms with Crippen LogP contribution in [0.3, 0.4) is 0 Å². The molecule has 0 bridgehead atoms. The number of carbonyl (C=O) groups is 2. The highest BCUT2D eigenvalue weighted by Gasteiger charge is 2.24. The number of aliphatic carboxylic acids is 1. The Hall–Kier alpha value is -1.82. The quantitative estimate of drug-likeness (QED) is 0.108. The number of hydrogen-bond acceptors (Lipinski definition) is 4. The first-order valence-electron chi connectivity index (χ1n) is 14.3. The van der Waals surface area contributed by atoms with Crippen LogP contribution in [0.4, 0.5) is 0 Å². The third-order valence-corrected chi connectivity index (χ3v) is 6.89. The predicted octanol–water partition coefficient (Wildman–Crippen LogP) is 7.17. The number of unbranched alkanes of at least 4 members (excludes halogenated alkanes) is 10. The second-order valence-electron chi connectivity index (χ2n) is 11.5. The van der Waals surface area contributed by atoms with E-state index in [1.807, 2.05) is 21.1 Å². The van der Waals surface area contributed by atoms with Crippen LogP contribution in [0, 0.1) is 13.8 Å². The number of aryl methyl sites for hydroxylation is 2. The van der Waals surface area contributed by atoms with Crippen molar-refractivity contribution in [1.82, 2.24) is 0 Å². The molecule has 1 heterocycles. The molecule has 1 atom stereocenters. The van der Waals surface area contributed by atoms with E-state index < -0.39 is 12.1 Å². The number of carbonyl (C=O) groups excluding carboxylic acids is 1. The molecule has 6 heteroatoms. The fourth-order valence-corrected chi connectivity index (χ4v) is 4.72. The molecule has 1 N–H and O–H groups in total. The van der Waals surface area contributed by atoms with Gasteiger partial charge in [-0.1, -0.05) is 64.7 Å². The van der Waals surface area contributed by atoms with Crippen LogP contribution < -0.4 is 0 Å². The number of esters is 1. The number of furan rings is 1. The number of nitrogens with zero attached hydrogens (tertiary/aromatic N) is 1. The molecule has 0 saturated heterocycles. The van der Waals surface area contributed by atoms with Crippen LogP contribution in [0.1, 0.15) is 119 Å². The van der Waals surface area contributed by atoms with Gasteiger partial charge < -0.3 is 18.7 Å². The molecule has 0 amide bonds. The summed E-state index contributed by atoms with van der Waals surface area (Å²) < 4.78 is 12.2. The lowest BCUT2D eigenvalue weighted by atomic mass is 10.0. The van der Waals surface area contributed by atoms with Gasteiger partial charge in [0.25, 0.3) is 0 Å². The standard InChI is InChI=1S/C30H53NO5/c1-7-8-16-19-27-24(2)25(3)28(36-27)20-17-14-12-10-9-11-13-15-18-21-30(34)35-26(22-29(32)33)23-31(4,5)6/h26H,7-23H2,1-6H3/p+1. The topological polar surface area (TPSA) is 76.7 Å². The van der Waals surface area contributed by atoms with Gasteiger partial charge in [-0.15, -0.1) is 0 Å². The minimum atomic E-state index is -0.931. The Kier molecular flexibility index (Phi) is 15.7. The Morgan fingerprint density at radius 3 is 1.75 bits per heavy atom. The van der Waals surface area contributed by atoms with Crippen LogP contribution >= 0.6 is 0 Å². The molecular weight excluding hydrogens is 454 g/mol. The number of likely N-dealkylation sites (N-methyl/N-ethyl adjacent to an activating group) is 1. The Labute approximate surface area is 220 Å². The summed E-state index contributed by atoms with van der Waals surface area (Å²) in [5, 5.41) is 9.06. The number of hydrogen-bond donors (Lipinski definition) is 1. The Morgan fingerprint density at radius 1 is 0.806 bits per heavy atom. The van der Waals surface area contributed by atoms with E-state index in [1.54, 1.807) is 0 Å². The summed E-state index contributed by atoms with van der Waals surface area (Å²) >= 11 is 0. The molecule has 0 fully saturated rings. The van der Waals surface area contributed by atoms with Gasteiger partial charge in [-0.25, -0.2) is 0 Å². The third kappa shape index (κ3) is 14.7. The maximum atomic E-state index is 12.1. The average Bonchev–Trinajstić information content (AvgIpc) is 3.04. The first-order valence-corrected chi connectivity index (χ1v) is 14.3. The van der Waals surface area contributed by atoms with E-state index in [2.05, 4.69) is 20.8 Å². The van der Waals surface area contributed by atoms with Crippen molar-refractivity contribution in [2.24, 2.45) is 0 Å². The van der Waals surface area contributed by atoms with E-state index in [0.29, 0.717) is 17.4 Å². The summed E-state index contributed by atoms with van der Waals surface area (Å²) in [6, 6.07) is 0. The smallest absolute Gasteiger partial charge is 0.307 e. The highest BCUT2D eigenvalue weighted by Crippen LogP contribution is 2.25. The van der Waals surface area contributed by atoms with Crippen LogP contribution in [0.5, 0.6) is 0 Å². The molecule has 1 rings (SSSR count). The Morgan fingerprint density at radius 2 is 1.28 bits per heavy atom. The first kappa shape index (κ1) is 32.2. The van der Waals surface area contributed by atoms with Gasteiger partial charge in [-0.2, -0.15) is 0 Å². The summed E-state index contributed by atoms with van der Waals surface area (Å²) in [5.74, 6) is 1.20. The first-order chi connectivity index (χ1) is 17.0. The summed E-state index contributed by atoms with van der Waals surface area (Å²) in [5.41, 5.74) is 2.72. The van der Waals surface area contributed by atoms with Crippen molar-refractivity contribution in [3.05, 3.63) is 22.6 Å². The minimum Gasteiger partial charge on any atom is -0.481 e. The van der Waals surface area contributed by atoms with Crippen molar-refractivity contribution in [2.45, 2.75) is 130 Å². The van der Waals surface area contributed by atoms with Gasteiger partial charge in [-0.05, 0) is 44.2 Å². The molecule has 208 valence electrons. The van der Waals surface area contributed by atoms with Crippen LogP contribution in [-0.4, -0.2) is 55.3 Å². The van der Waals surface area contributed by atoms with Gasteiger partial charge in [-0.3, -0.25) is 9.59 Å². The number of quaternary nitrogens is 1. The van der Waals surface area contributed by atoms with E-state index >= 15 is 0 Å². The van der Waals surface area contributed by atoms with Crippen LogP contribution in [0.25, 0.3) is 0 Å². The number of carboxylic acid groups (broad SMARTS) is 1. The molecule has 0 aliphatic heterocycles. The second kappa shape index (κ2) is 17.6. The summed E-state index contributed by atoms with van der Waals surface area (Å²) in [6.07, 6.45) is 15.9. The molecule has 1 unspecified atom stereocenters. The van der Waals surface area contributed by atoms with E-state index in [0.717, 1.165) is 32.1 Å². The zero-order valence-electron chi connectivity index (χ0n) is 24.1. The van der Waals surface area contributed by atoms with Gasteiger partial charge >= 0.3 is 11.9 Å². The van der Waals surface area contributed by atoms with E-state index in [1.165, 1.54) is 80.4 Å². The largest absolute Gasteiger partial charge is 0.481 e. The normalized spacial score (nSPS) is 12.6. The Balaban J connectivity index is 2.09. The lowest BCUT2D eigenvalue weighted by Crippen LogP contribution is -2.43. The van der Waals surface area contributed by atoms with Gasteiger partial charge in [0, 0.05) is 19.3 Å². The van der Waals surface area contributed by atoms with Gasteiger partial charge in [0.05, 0.1) is 27.6 Å². The Bertz CT molecular complexity index is 762. The molecule has 0 saturated carbocycles. The van der Waals surface area contributed by atoms with E-state index in [9.17, 15) is 9.59 Å². The molecular formula is C30H54NO5+. The molecule has 0 aliphatic rings. The molecule has 0 aromatic carbocycles. The number of carboxylic acids is 1. The summed E-state index contributed by atoms with van der Waals surface area (Å²) in [4.78, 5) is 23.2. The molecule has 6 nitrogen and oxygen atoms in total. The van der Waals surface area contributed by atoms with Crippen molar-refractivity contribution in [2.75, 3.05) is 27.7 Å². The van der Waals surface area contributed by atoms with Gasteiger partial charge in [0.1, 0.15) is 18.1 Å². The second-order valence-corrected chi connectivity index (χ2v) is 11.5. The maximum absolute atomic E-state index is 12.1. The van der Waals surface area contributed by atoms with Crippen molar-refractivity contribution >= 4 is 11.9 Å². The van der Waals surface area contributed by atoms with Crippen LogP contribution in [-0.2, 0) is 27.2 Å². The molecule has 0 spiro atoms. The minimum absolute atomic E-state index is 0.137. The number of rotatable bonds is 21. The van der Waals surface area contributed by atoms with Gasteiger partial charge in [0.2, 0.25) is 0 Å². The van der Waals surface area contributed by atoms with Gasteiger partial charge in [0.15, 0.2) is 6.10 Å². The third-order valence-electron chi connectivity index (χ3n) is 6.89. The highest BCUT2D eigenvalue weighted by atomic mass is 16.5. The zero-order chi connectivity index (χ0) is 27.0. The lowest BCUT2D eigenvalue weighted by Gasteiger charge is -2.28.